The van der Waals surface area contributed by atoms with Gasteiger partial charge in [0, 0.05) is 24.1 Å². The van der Waals surface area contributed by atoms with Gasteiger partial charge >= 0.3 is 0 Å². The third kappa shape index (κ3) is 2.72. The molecule has 0 saturated carbocycles. The lowest BCUT2D eigenvalue weighted by atomic mass is 10.2. The van der Waals surface area contributed by atoms with E-state index < -0.39 is 0 Å². The van der Waals surface area contributed by atoms with Crippen molar-refractivity contribution in [2.24, 2.45) is 0 Å². The van der Waals surface area contributed by atoms with Crippen molar-refractivity contribution in [3.05, 3.63) is 18.2 Å². The molecule has 82 valence electrons. The minimum atomic E-state index is 0.640. The standard InChI is InChI=1S/C11H15NO2S/c1-15-7-4-12-9-2-3-10-11(8-9)14-6-5-13-10/h2-3,8,12H,4-7H2,1H3. The molecule has 0 amide bonds. The van der Waals surface area contributed by atoms with Gasteiger partial charge in [-0.3, -0.25) is 0 Å². The molecule has 0 radical (unpaired) electrons. The minimum absolute atomic E-state index is 0.640. The molecule has 0 atom stereocenters. The van der Waals surface area contributed by atoms with E-state index in [-0.39, 0.29) is 0 Å². The number of anilines is 1. The summed E-state index contributed by atoms with van der Waals surface area (Å²) in [6.45, 7) is 2.26. The van der Waals surface area contributed by atoms with Gasteiger partial charge in [-0.2, -0.15) is 11.8 Å². The van der Waals surface area contributed by atoms with E-state index in [9.17, 15) is 0 Å². The summed E-state index contributed by atoms with van der Waals surface area (Å²) in [6.07, 6.45) is 2.10. The average Bonchev–Trinajstić information content (AvgIpc) is 2.29. The molecule has 3 nitrogen and oxygen atoms in total. The van der Waals surface area contributed by atoms with Crippen LogP contribution < -0.4 is 14.8 Å². The van der Waals surface area contributed by atoms with Gasteiger partial charge in [0.1, 0.15) is 13.2 Å². The van der Waals surface area contributed by atoms with E-state index in [1.54, 1.807) is 0 Å². The number of ether oxygens (including phenoxy) is 2. The molecule has 2 rings (SSSR count). The van der Waals surface area contributed by atoms with E-state index in [1.165, 1.54) is 0 Å². The summed E-state index contributed by atoms with van der Waals surface area (Å²) >= 11 is 1.83. The Morgan fingerprint density at radius 1 is 1.27 bits per heavy atom. The molecule has 0 aliphatic carbocycles. The molecule has 0 unspecified atom stereocenters. The highest BCUT2D eigenvalue weighted by atomic mass is 32.2. The normalized spacial score (nSPS) is 13.7. The lowest BCUT2D eigenvalue weighted by Gasteiger charge is -2.19. The summed E-state index contributed by atoms with van der Waals surface area (Å²) in [5.41, 5.74) is 1.09. The van der Waals surface area contributed by atoms with Crippen LogP contribution in [0.4, 0.5) is 5.69 Å². The van der Waals surface area contributed by atoms with Crippen LogP contribution in [-0.2, 0) is 0 Å². The molecule has 0 saturated heterocycles. The molecule has 1 aliphatic rings. The number of rotatable bonds is 4. The smallest absolute Gasteiger partial charge is 0.163 e. The van der Waals surface area contributed by atoms with Gasteiger partial charge in [-0.25, -0.2) is 0 Å². The Morgan fingerprint density at radius 3 is 2.87 bits per heavy atom. The Hall–Kier alpha value is -1.03. The van der Waals surface area contributed by atoms with Crippen LogP contribution in [0, 0.1) is 0 Å². The monoisotopic (exact) mass is 225 g/mol. The van der Waals surface area contributed by atoms with Crippen molar-refractivity contribution in [2.75, 3.05) is 37.1 Å². The Morgan fingerprint density at radius 2 is 2.07 bits per heavy atom. The second-order valence-electron chi connectivity index (χ2n) is 3.28. The fraction of sp³-hybridized carbons (Fsp3) is 0.455. The predicted octanol–water partition coefficient (Wildman–Crippen LogP) is 2.23. The first-order valence-electron chi connectivity index (χ1n) is 5.02. The molecule has 1 aliphatic heterocycles. The Balaban J connectivity index is 2.00. The molecule has 0 aromatic heterocycles. The van der Waals surface area contributed by atoms with Crippen molar-refractivity contribution >= 4 is 17.4 Å². The van der Waals surface area contributed by atoms with Crippen molar-refractivity contribution in [1.29, 1.82) is 0 Å². The number of fused-ring (bicyclic) bond motifs is 1. The number of hydrogen-bond donors (Lipinski definition) is 1. The topological polar surface area (TPSA) is 30.5 Å². The van der Waals surface area contributed by atoms with Crippen LogP contribution in [0.25, 0.3) is 0 Å². The summed E-state index contributed by atoms with van der Waals surface area (Å²) in [5.74, 6) is 2.79. The van der Waals surface area contributed by atoms with Crippen LogP contribution in [0.15, 0.2) is 18.2 Å². The summed E-state index contributed by atoms with van der Waals surface area (Å²) < 4.78 is 10.9. The summed E-state index contributed by atoms with van der Waals surface area (Å²) in [5, 5.41) is 3.34. The van der Waals surface area contributed by atoms with Gasteiger partial charge in [0.25, 0.3) is 0 Å². The quantitative estimate of drug-likeness (QED) is 0.796. The zero-order chi connectivity index (χ0) is 10.5. The lowest BCUT2D eigenvalue weighted by Crippen LogP contribution is -2.15. The molecule has 1 heterocycles. The highest BCUT2D eigenvalue weighted by Gasteiger charge is 2.11. The van der Waals surface area contributed by atoms with Gasteiger partial charge in [0.15, 0.2) is 11.5 Å². The first kappa shape index (κ1) is 10.5. The molecular formula is C11H15NO2S. The van der Waals surface area contributed by atoms with Crippen molar-refractivity contribution in [1.82, 2.24) is 0 Å². The molecule has 1 N–H and O–H groups in total. The van der Waals surface area contributed by atoms with Crippen molar-refractivity contribution in [3.8, 4) is 11.5 Å². The van der Waals surface area contributed by atoms with E-state index in [1.807, 2.05) is 30.0 Å². The molecular weight excluding hydrogens is 210 g/mol. The second kappa shape index (κ2) is 5.16. The van der Waals surface area contributed by atoms with Crippen LogP contribution in [0.2, 0.25) is 0 Å². The van der Waals surface area contributed by atoms with Crippen LogP contribution in [0.3, 0.4) is 0 Å². The molecule has 15 heavy (non-hydrogen) atoms. The average molecular weight is 225 g/mol. The molecule has 0 spiro atoms. The lowest BCUT2D eigenvalue weighted by molar-refractivity contribution is 0.171. The fourth-order valence-electron chi connectivity index (χ4n) is 1.45. The van der Waals surface area contributed by atoms with Gasteiger partial charge in [0.05, 0.1) is 0 Å². The number of nitrogens with one attached hydrogen (secondary N) is 1. The first-order chi connectivity index (χ1) is 7.40. The minimum Gasteiger partial charge on any atom is -0.486 e. The van der Waals surface area contributed by atoms with Crippen molar-refractivity contribution in [2.45, 2.75) is 0 Å². The van der Waals surface area contributed by atoms with Gasteiger partial charge < -0.3 is 14.8 Å². The maximum atomic E-state index is 5.50. The van der Waals surface area contributed by atoms with E-state index in [0.29, 0.717) is 13.2 Å². The van der Waals surface area contributed by atoms with Gasteiger partial charge in [-0.05, 0) is 18.4 Å². The molecule has 0 fully saturated rings. The van der Waals surface area contributed by atoms with Gasteiger partial charge in [-0.15, -0.1) is 0 Å². The Kier molecular flexibility index (Phi) is 3.61. The highest BCUT2D eigenvalue weighted by Crippen LogP contribution is 2.32. The van der Waals surface area contributed by atoms with Gasteiger partial charge in [-0.1, -0.05) is 0 Å². The second-order valence-corrected chi connectivity index (χ2v) is 4.26. The summed E-state index contributed by atoms with van der Waals surface area (Å²) in [4.78, 5) is 0. The largest absolute Gasteiger partial charge is 0.486 e. The van der Waals surface area contributed by atoms with Crippen LogP contribution in [0.5, 0.6) is 11.5 Å². The molecule has 1 aromatic rings. The maximum absolute atomic E-state index is 5.50. The molecule has 0 bridgehead atoms. The van der Waals surface area contributed by atoms with E-state index in [2.05, 4.69) is 11.6 Å². The summed E-state index contributed by atoms with van der Waals surface area (Å²) in [6, 6.07) is 5.97. The summed E-state index contributed by atoms with van der Waals surface area (Å²) in [7, 11) is 0. The van der Waals surface area contributed by atoms with Gasteiger partial charge in [0.2, 0.25) is 0 Å². The van der Waals surface area contributed by atoms with Crippen LogP contribution in [-0.4, -0.2) is 31.8 Å². The van der Waals surface area contributed by atoms with E-state index >= 15 is 0 Å². The number of thioether (sulfide) groups is 1. The van der Waals surface area contributed by atoms with Crippen molar-refractivity contribution < 1.29 is 9.47 Å². The maximum Gasteiger partial charge on any atom is 0.163 e. The Labute approximate surface area is 94.2 Å². The fourth-order valence-corrected chi connectivity index (χ4v) is 1.76. The first-order valence-corrected chi connectivity index (χ1v) is 6.42. The third-order valence-corrected chi connectivity index (χ3v) is 2.79. The number of hydrogen-bond acceptors (Lipinski definition) is 4. The molecule has 1 aromatic carbocycles. The third-order valence-electron chi connectivity index (χ3n) is 2.18. The molecule has 4 heteroatoms. The predicted molar refractivity (Wildman–Crippen MR) is 64.3 cm³/mol. The van der Waals surface area contributed by atoms with Crippen molar-refractivity contribution in [3.63, 3.8) is 0 Å². The SMILES string of the molecule is CSCCNc1ccc2c(c1)OCCO2. The highest BCUT2D eigenvalue weighted by molar-refractivity contribution is 7.98. The van der Waals surface area contributed by atoms with E-state index in [0.717, 1.165) is 29.5 Å². The van der Waals surface area contributed by atoms with Crippen LogP contribution >= 0.6 is 11.8 Å². The zero-order valence-corrected chi connectivity index (χ0v) is 9.60. The zero-order valence-electron chi connectivity index (χ0n) is 8.79. The van der Waals surface area contributed by atoms with Crippen LogP contribution in [0.1, 0.15) is 0 Å². The Bertz CT molecular complexity index is 330. The van der Waals surface area contributed by atoms with E-state index in [4.69, 9.17) is 9.47 Å². The number of benzene rings is 1.